The molecule has 2 rings (SSSR count). The number of benzene rings is 1. The molecule has 0 aromatic heterocycles. The summed E-state index contributed by atoms with van der Waals surface area (Å²) >= 11 is 0. The molecule has 0 saturated carbocycles. The van der Waals surface area contributed by atoms with Gasteiger partial charge in [0, 0.05) is 32.1 Å². The van der Waals surface area contributed by atoms with Crippen molar-refractivity contribution in [3.05, 3.63) is 35.4 Å². The summed E-state index contributed by atoms with van der Waals surface area (Å²) in [5.41, 5.74) is 1.21. The highest BCUT2D eigenvalue weighted by Gasteiger charge is 2.15. The monoisotopic (exact) mass is 335 g/mol. The third-order valence-corrected chi connectivity index (χ3v) is 4.01. The Labute approximate surface area is 142 Å². The molecule has 1 aromatic rings. The van der Waals surface area contributed by atoms with Crippen molar-refractivity contribution >= 4 is 11.9 Å². The van der Waals surface area contributed by atoms with Gasteiger partial charge in [-0.25, -0.2) is 4.79 Å². The molecule has 1 fully saturated rings. The van der Waals surface area contributed by atoms with E-state index in [1.54, 1.807) is 24.3 Å². The molecule has 6 nitrogen and oxygen atoms in total. The van der Waals surface area contributed by atoms with Crippen molar-refractivity contribution in [1.82, 2.24) is 5.32 Å². The number of nitrogens with one attached hydrogen (secondary N) is 1. The zero-order valence-electron chi connectivity index (χ0n) is 13.8. The maximum atomic E-state index is 11.8. The van der Waals surface area contributed by atoms with E-state index in [0.717, 1.165) is 38.2 Å². The van der Waals surface area contributed by atoms with Gasteiger partial charge in [0.2, 0.25) is 5.91 Å². The molecule has 24 heavy (non-hydrogen) atoms. The second-order valence-corrected chi connectivity index (χ2v) is 6.01. The summed E-state index contributed by atoms with van der Waals surface area (Å²) in [5, 5.41) is 11.7. The Morgan fingerprint density at radius 3 is 2.75 bits per heavy atom. The molecule has 0 spiro atoms. The molecule has 1 heterocycles. The van der Waals surface area contributed by atoms with Gasteiger partial charge in [-0.05, 0) is 37.0 Å². The van der Waals surface area contributed by atoms with Crippen LogP contribution < -0.4 is 5.32 Å². The second-order valence-electron chi connectivity index (χ2n) is 6.01. The van der Waals surface area contributed by atoms with Gasteiger partial charge < -0.3 is 19.9 Å². The summed E-state index contributed by atoms with van der Waals surface area (Å²) in [6.07, 6.45) is 2.87. The molecule has 0 aliphatic carbocycles. The first-order valence-electron chi connectivity index (χ1n) is 8.39. The van der Waals surface area contributed by atoms with E-state index in [2.05, 4.69) is 5.32 Å². The predicted octanol–water partition coefficient (Wildman–Crippen LogP) is 1.88. The molecule has 2 N–H and O–H groups in total. The molecular weight excluding hydrogens is 310 g/mol. The number of hydrogen-bond donors (Lipinski definition) is 2. The third kappa shape index (κ3) is 6.68. The Balaban J connectivity index is 1.50. The summed E-state index contributed by atoms with van der Waals surface area (Å²) < 4.78 is 10.9. The van der Waals surface area contributed by atoms with Gasteiger partial charge in [-0.15, -0.1) is 0 Å². The molecule has 0 radical (unpaired) electrons. The van der Waals surface area contributed by atoms with Gasteiger partial charge in [0.1, 0.15) is 0 Å². The maximum absolute atomic E-state index is 11.8. The predicted molar refractivity (Wildman–Crippen MR) is 89.1 cm³/mol. The van der Waals surface area contributed by atoms with Gasteiger partial charge in [0.15, 0.2) is 0 Å². The highest BCUT2D eigenvalue weighted by Crippen LogP contribution is 2.12. The van der Waals surface area contributed by atoms with Crippen molar-refractivity contribution in [1.29, 1.82) is 0 Å². The minimum atomic E-state index is -0.943. The maximum Gasteiger partial charge on any atom is 0.335 e. The minimum absolute atomic E-state index is 0.00139. The van der Waals surface area contributed by atoms with Crippen LogP contribution in [0.3, 0.4) is 0 Å². The van der Waals surface area contributed by atoms with E-state index in [0.29, 0.717) is 31.9 Å². The molecule has 1 aliphatic heterocycles. The number of carboxylic acid groups (broad SMARTS) is 1. The van der Waals surface area contributed by atoms with Crippen LogP contribution in [0.2, 0.25) is 0 Å². The largest absolute Gasteiger partial charge is 0.478 e. The summed E-state index contributed by atoms with van der Waals surface area (Å²) in [6.45, 7) is 3.62. The third-order valence-electron chi connectivity index (χ3n) is 4.01. The lowest BCUT2D eigenvalue weighted by Gasteiger charge is -2.09. The first-order valence-corrected chi connectivity index (χ1v) is 8.39. The van der Waals surface area contributed by atoms with Crippen molar-refractivity contribution in [2.75, 3.05) is 33.0 Å². The molecule has 1 amide bonds. The quantitative estimate of drug-likeness (QED) is 0.638. The van der Waals surface area contributed by atoms with Crippen LogP contribution >= 0.6 is 0 Å². The van der Waals surface area contributed by atoms with Crippen LogP contribution in [-0.4, -0.2) is 50.0 Å². The smallest absolute Gasteiger partial charge is 0.335 e. The van der Waals surface area contributed by atoms with Crippen LogP contribution in [0, 0.1) is 5.92 Å². The first kappa shape index (κ1) is 18.4. The zero-order chi connectivity index (χ0) is 17.2. The second kappa shape index (κ2) is 10.1. The van der Waals surface area contributed by atoms with Crippen molar-refractivity contribution in [3.63, 3.8) is 0 Å². The molecule has 1 atom stereocenters. The molecular formula is C18H25NO5. The Kier molecular flexibility index (Phi) is 7.71. The van der Waals surface area contributed by atoms with E-state index in [9.17, 15) is 9.59 Å². The highest BCUT2D eigenvalue weighted by molar-refractivity contribution is 5.87. The van der Waals surface area contributed by atoms with Gasteiger partial charge in [-0.1, -0.05) is 12.1 Å². The first-order chi connectivity index (χ1) is 11.6. The Morgan fingerprint density at radius 2 is 2.08 bits per heavy atom. The summed E-state index contributed by atoms with van der Waals surface area (Å²) in [5.74, 6) is -0.421. The number of aryl methyl sites for hydroxylation is 1. The number of aromatic carboxylic acids is 1. The number of ether oxygens (including phenoxy) is 2. The normalized spacial score (nSPS) is 16.9. The molecule has 1 unspecified atom stereocenters. The Hall–Kier alpha value is -1.92. The van der Waals surface area contributed by atoms with Crippen LogP contribution in [-0.2, 0) is 20.7 Å². The Bertz CT molecular complexity index is 523. The van der Waals surface area contributed by atoms with Gasteiger partial charge in [-0.2, -0.15) is 0 Å². The van der Waals surface area contributed by atoms with Gasteiger partial charge in [0.05, 0.1) is 18.8 Å². The van der Waals surface area contributed by atoms with Crippen LogP contribution in [0.15, 0.2) is 24.3 Å². The van der Waals surface area contributed by atoms with E-state index < -0.39 is 5.97 Å². The number of rotatable bonds is 10. The lowest BCUT2D eigenvalue weighted by molar-refractivity contribution is -0.121. The summed E-state index contributed by atoms with van der Waals surface area (Å²) in [4.78, 5) is 22.5. The molecule has 1 saturated heterocycles. The lowest BCUT2D eigenvalue weighted by Crippen LogP contribution is -2.25. The van der Waals surface area contributed by atoms with E-state index in [1.165, 1.54) is 0 Å². The Morgan fingerprint density at radius 1 is 1.29 bits per heavy atom. The minimum Gasteiger partial charge on any atom is -0.478 e. The lowest BCUT2D eigenvalue weighted by atomic mass is 10.1. The SMILES string of the molecule is O=C(CCc1ccc(C(=O)O)cc1)NCCCOCC1CCOC1. The van der Waals surface area contributed by atoms with Crippen molar-refractivity contribution in [3.8, 4) is 0 Å². The number of hydrogen-bond acceptors (Lipinski definition) is 4. The molecule has 1 aromatic carbocycles. The number of carbonyl (C=O) groups is 2. The fraction of sp³-hybridized carbons (Fsp3) is 0.556. The average molecular weight is 335 g/mol. The van der Waals surface area contributed by atoms with E-state index in [-0.39, 0.29) is 11.5 Å². The van der Waals surface area contributed by atoms with Crippen LogP contribution in [0.4, 0.5) is 0 Å². The van der Waals surface area contributed by atoms with Crippen molar-refractivity contribution in [2.45, 2.75) is 25.7 Å². The number of amides is 1. The molecule has 6 heteroatoms. The van der Waals surface area contributed by atoms with Crippen LogP contribution in [0.5, 0.6) is 0 Å². The summed E-state index contributed by atoms with van der Waals surface area (Å²) in [6, 6.07) is 6.61. The van der Waals surface area contributed by atoms with Crippen LogP contribution in [0.25, 0.3) is 0 Å². The number of carboxylic acids is 1. The standard InChI is InChI=1S/C18H25NO5/c20-17(7-4-14-2-5-16(6-3-14)18(21)22)19-9-1-10-23-12-15-8-11-24-13-15/h2-3,5-6,15H,1,4,7-13H2,(H,19,20)(H,21,22). The fourth-order valence-corrected chi connectivity index (χ4v) is 2.53. The molecule has 1 aliphatic rings. The van der Waals surface area contributed by atoms with Gasteiger partial charge >= 0.3 is 5.97 Å². The summed E-state index contributed by atoms with van der Waals surface area (Å²) in [7, 11) is 0. The average Bonchev–Trinajstić information content (AvgIpc) is 3.10. The highest BCUT2D eigenvalue weighted by atomic mass is 16.5. The fourth-order valence-electron chi connectivity index (χ4n) is 2.53. The van der Waals surface area contributed by atoms with E-state index in [1.807, 2.05) is 0 Å². The van der Waals surface area contributed by atoms with E-state index in [4.69, 9.17) is 14.6 Å². The molecule has 132 valence electrons. The van der Waals surface area contributed by atoms with Gasteiger partial charge in [0.25, 0.3) is 0 Å². The zero-order valence-corrected chi connectivity index (χ0v) is 13.8. The van der Waals surface area contributed by atoms with Gasteiger partial charge in [-0.3, -0.25) is 4.79 Å². The number of carbonyl (C=O) groups excluding carboxylic acids is 1. The van der Waals surface area contributed by atoms with Crippen molar-refractivity contribution < 1.29 is 24.2 Å². The topological polar surface area (TPSA) is 84.9 Å². The molecule has 0 bridgehead atoms. The van der Waals surface area contributed by atoms with Crippen LogP contribution in [0.1, 0.15) is 35.2 Å². The van der Waals surface area contributed by atoms with E-state index >= 15 is 0 Å². The van der Waals surface area contributed by atoms with Crippen molar-refractivity contribution in [2.24, 2.45) is 5.92 Å².